The predicted octanol–water partition coefficient (Wildman–Crippen LogP) is 5.05. The van der Waals surface area contributed by atoms with E-state index >= 15 is 0 Å². The summed E-state index contributed by atoms with van der Waals surface area (Å²) in [5.41, 5.74) is 7.81. The van der Waals surface area contributed by atoms with E-state index in [1.165, 1.54) is 4.88 Å². The van der Waals surface area contributed by atoms with Crippen LogP contribution in [0.25, 0.3) is 0 Å². The summed E-state index contributed by atoms with van der Waals surface area (Å²) >= 11 is 5.21. The Morgan fingerprint density at radius 3 is 2.83 bits per heavy atom. The zero-order valence-electron chi connectivity index (χ0n) is 10.3. The molecule has 96 valence electrons. The average Bonchev–Trinajstić information content (AvgIpc) is 2.85. The molecule has 0 radical (unpaired) electrons. The van der Waals surface area contributed by atoms with Crippen LogP contribution in [0.2, 0.25) is 0 Å². The maximum absolute atomic E-state index is 6.03. The second kappa shape index (κ2) is 6.25. The summed E-state index contributed by atoms with van der Waals surface area (Å²) in [5.74, 6) is 0. The SMILES string of the molecule is CCCC(Nc1ccc(Br)cc1N)c1cccs1. The Balaban J connectivity index is 2.18. The zero-order valence-corrected chi connectivity index (χ0v) is 12.7. The fourth-order valence-electron chi connectivity index (χ4n) is 1.92. The van der Waals surface area contributed by atoms with E-state index in [9.17, 15) is 0 Å². The first-order chi connectivity index (χ1) is 8.70. The number of hydrogen-bond acceptors (Lipinski definition) is 3. The minimum atomic E-state index is 0.346. The molecule has 1 heterocycles. The summed E-state index contributed by atoms with van der Waals surface area (Å²) in [7, 11) is 0. The van der Waals surface area contributed by atoms with Crippen molar-refractivity contribution in [1.82, 2.24) is 0 Å². The topological polar surface area (TPSA) is 38.0 Å². The summed E-state index contributed by atoms with van der Waals surface area (Å²) in [6.07, 6.45) is 2.25. The molecule has 0 aliphatic rings. The largest absolute Gasteiger partial charge is 0.397 e. The summed E-state index contributed by atoms with van der Waals surface area (Å²) in [6.45, 7) is 2.20. The fraction of sp³-hybridized carbons (Fsp3) is 0.286. The summed E-state index contributed by atoms with van der Waals surface area (Å²) in [5, 5.41) is 5.66. The number of nitrogens with two attached hydrogens (primary N) is 1. The maximum atomic E-state index is 6.03. The van der Waals surface area contributed by atoms with Crippen molar-refractivity contribution in [3.63, 3.8) is 0 Å². The second-order valence-electron chi connectivity index (χ2n) is 4.23. The van der Waals surface area contributed by atoms with Crippen molar-refractivity contribution in [2.75, 3.05) is 11.1 Å². The minimum Gasteiger partial charge on any atom is -0.397 e. The van der Waals surface area contributed by atoms with Gasteiger partial charge in [-0.15, -0.1) is 11.3 Å². The van der Waals surface area contributed by atoms with Gasteiger partial charge < -0.3 is 11.1 Å². The van der Waals surface area contributed by atoms with Crippen LogP contribution in [0.1, 0.15) is 30.7 Å². The van der Waals surface area contributed by atoms with Crippen molar-refractivity contribution >= 4 is 38.6 Å². The Morgan fingerprint density at radius 2 is 2.22 bits per heavy atom. The number of thiophene rings is 1. The van der Waals surface area contributed by atoms with E-state index < -0.39 is 0 Å². The van der Waals surface area contributed by atoms with E-state index in [2.05, 4.69) is 45.7 Å². The van der Waals surface area contributed by atoms with Crippen molar-refractivity contribution in [1.29, 1.82) is 0 Å². The second-order valence-corrected chi connectivity index (χ2v) is 6.13. The van der Waals surface area contributed by atoms with E-state index in [1.807, 2.05) is 18.2 Å². The molecule has 1 aromatic carbocycles. The van der Waals surface area contributed by atoms with E-state index in [1.54, 1.807) is 11.3 Å². The number of benzene rings is 1. The molecule has 0 saturated carbocycles. The summed E-state index contributed by atoms with van der Waals surface area (Å²) < 4.78 is 1.01. The highest BCUT2D eigenvalue weighted by Gasteiger charge is 2.12. The van der Waals surface area contributed by atoms with E-state index in [0.29, 0.717) is 6.04 Å². The third kappa shape index (κ3) is 3.27. The van der Waals surface area contributed by atoms with Crippen LogP contribution in [0, 0.1) is 0 Å². The van der Waals surface area contributed by atoms with Gasteiger partial charge in [0, 0.05) is 9.35 Å². The van der Waals surface area contributed by atoms with Crippen LogP contribution in [0.4, 0.5) is 11.4 Å². The van der Waals surface area contributed by atoms with Crippen molar-refractivity contribution in [3.8, 4) is 0 Å². The number of halogens is 1. The summed E-state index contributed by atoms with van der Waals surface area (Å²) in [4.78, 5) is 1.36. The molecule has 0 saturated heterocycles. The average molecular weight is 325 g/mol. The Morgan fingerprint density at radius 1 is 1.39 bits per heavy atom. The molecule has 0 bridgehead atoms. The third-order valence-corrected chi connectivity index (χ3v) is 4.29. The highest BCUT2D eigenvalue weighted by molar-refractivity contribution is 9.10. The molecule has 0 fully saturated rings. The number of hydrogen-bond donors (Lipinski definition) is 2. The molecule has 4 heteroatoms. The van der Waals surface area contributed by atoms with Gasteiger partial charge in [-0.25, -0.2) is 0 Å². The van der Waals surface area contributed by atoms with Gasteiger partial charge in [-0.1, -0.05) is 35.3 Å². The normalized spacial score (nSPS) is 12.3. The van der Waals surface area contributed by atoms with Gasteiger partial charge >= 0.3 is 0 Å². The smallest absolute Gasteiger partial charge is 0.0607 e. The molecule has 0 aliphatic carbocycles. The molecule has 1 aromatic heterocycles. The minimum absolute atomic E-state index is 0.346. The quantitative estimate of drug-likeness (QED) is 0.755. The van der Waals surface area contributed by atoms with Gasteiger partial charge in [0.2, 0.25) is 0 Å². The number of nitrogens with one attached hydrogen (secondary N) is 1. The molecular weight excluding hydrogens is 308 g/mol. The van der Waals surface area contributed by atoms with E-state index in [-0.39, 0.29) is 0 Å². The molecule has 2 aromatic rings. The van der Waals surface area contributed by atoms with Gasteiger partial charge in [-0.05, 0) is 36.1 Å². The highest BCUT2D eigenvalue weighted by Crippen LogP contribution is 2.31. The van der Waals surface area contributed by atoms with Gasteiger partial charge in [0.05, 0.1) is 17.4 Å². The zero-order chi connectivity index (χ0) is 13.0. The van der Waals surface area contributed by atoms with Gasteiger partial charge in [-0.3, -0.25) is 0 Å². The van der Waals surface area contributed by atoms with Crippen molar-refractivity contribution in [3.05, 3.63) is 45.1 Å². The standard InChI is InChI=1S/C14H17BrN2S/c1-2-4-13(14-5-3-8-18-14)17-12-7-6-10(15)9-11(12)16/h3,5-9,13,17H,2,4,16H2,1H3. The first-order valence-corrected chi connectivity index (χ1v) is 7.73. The van der Waals surface area contributed by atoms with Gasteiger partial charge in [0.15, 0.2) is 0 Å². The predicted molar refractivity (Wildman–Crippen MR) is 84.1 cm³/mol. The molecule has 0 spiro atoms. The van der Waals surface area contributed by atoms with Crippen LogP contribution >= 0.6 is 27.3 Å². The highest BCUT2D eigenvalue weighted by atomic mass is 79.9. The van der Waals surface area contributed by atoms with Crippen LogP contribution in [0.3, 0.4) is 0 Å². The van der Waals surface area contributed by atoms with Gasteiger partial charge in [-0.2, -0.15) is 0 Å². The van der Waals surface area contributed by atoms with Crippen molar-refractivity contribution in [2.45, 2.75) is 25.8 Å². The van der Waals surface area contributed by atoms with E-state index in [4.69, 9.17) is 5.73 Å². The Hall–Kier alpha value is -1.00. The van der Waals surface area contributed by atoms with Gasteiger partial charge in [0.1, 0.15) is 0 Å². The molecule has 1 atom stereocenters. The molecule has 2 rings (SSSR count). The number of rotatable bonds is 5. The molecule has 0 aliphatic heterocycles. The lowest BCUT2D eigenvalue weighted by Crippen LogP contribution is -2.10. The van der Waals surface area contributed by atoms with Gasteiger partial charge in [0.25, 0.3) is 0 Å². The van der Waals surface area contributed by atoms with Crippen LogP contribution in [-0.2, 0) is 0 Å². The molecule has 0 amide bonds. The maximum Gasteiger partial charge on any atom is 0.0607 e. The monoisotopic (exact) mass is 324 g/mol. The lowest BCUT2D eigenvalue weighted by Gasteiger charge is -2.19. The lowest BCUT2D eigenvalue weighted by atomic mass is 10.1. The number of anilines is 2. The van der Waals surface area contributed by atoms with Crippen LogP contribution in [0.5, 0.6) is 0 Å². The van der Waals surface area contributed by atoms with Crippen LogP contribution < -0.4 is 11.1 Å². The first kappa shape index (κ1) is 13.4. The Labute approximate surface area is 120 Å². The summed E-state index contributed by atoms with van der Waals surface area (Å²) in [6, 6.07) is 10.6. The third-order valence-electron chi connectivity index (χ3n) is 2.81. The molecule has 1 unspecified atom stereocenters. The molecular formula is C14H17BrN2S. The lowest BCUT2D eigenvalue weighted by molar-refractivity contribution is 0.688. The first-order valence-electron chi connectivity index (χ1n) is 6.05. The van der Waals surface area contributed by atoms with Crippen molar-refractivity contribution in [2.24, 2.45) is 0 Å². The molecule has 3 N–H and O–H groups in total. The fourth-order valence-corrected chi connectivity index (χ4v) is 3.11. The molecule has 2 nitrogen and oxygen atoms in total. The Bertz CT molecular complexity index is 497. The van der Waals surface area contributed by atoms with E-state index in [0.717, 1.165) is 28.7 Å². The number of nitrogen functional groups attached to an aromatic ring is 1. The van der Waals surface area contributed by atoms with Crippen LogP contribution in [-0.4, -0.2) is 0 Å². The van der Waals surface area contributed by atoms with Crippen LogP contribution in [0.15, 0.2) is 40.2 Å². The van der Waals surface area contributed by atoms with Crippen molar-refractivity contribution < 1.29 is 0 Å². The molecule has 18 heavy (non-hydrogen) atoms. The Kier molecular flexibility index (Phi) is 4.66.